The summed E-state index contributed by atoms with van der Waals surface area (Å²) in [6.07, 6.45) is 3.64. The van der Waals surface area contributed by atoms with Crippen LogP contribution in [0.3, 0.4) is 0 Å². The standard InChI is InChI=1S/C18H19NO6S/c20-17(19-25-26(23,24)13-8-2-1-3-9-13)14-10-4-6-12-7-5-11-15(16(12)14)18(21)22/h4-7,10-11,13H,1-3,8-9H2,(H,19,20)(H,21,22). The van der Waals surface area contributed by atoms with Gasteiger partial charge in [0.05, 0.1) is 16.4 Å². The first kappa shape index (κ1) is 18.3. The van der Waals surface area contributed by atoms with E-state index in [0.717, 1.165) is 19.3 Å². The molecule has 8 heteroatoms. The fraction of sp³-hybridized carbons (Fsp3) is 0.333. The van der Waals surface area contributed by atoms with Crippen molar-refractivity contribution in [3.63, 3.8) is 0 Å². The van der Waals surface area contributed by atoms with Crippen molar-refractivity contribution in [2.45, 2.75) is 37.4 Å². The summed E-state index contributed by atoms with van der Waals surface area (Å²) in [5.41, 5.74) is 1.98. The van der Waals surface area contributed by atoms with Gasteiger partial charge in [0.1, 0.15) is 0 Å². The normalized spacial score (nSPS) is 15.7. The second kappa shape index (κ2) is 7.43. The Morgan fingerprint density at radius 2 is 1.62 bits per heavy atom. The number of fused-ring (bicyclic) bond motifs is 1. The first-order valence-corrected chi connectivity index (χ1v) is 9.85. The van der Waals surface area contributed by atoms with Gasteiger partial charge < -0.3 is 5.11 Å². The molecule has 3 rings (SSSR count). The molecule has 0 aromatic heterocycles. The van der Waals surface area contributed by atoms with Gasteiger partial charge in [-0.3, -0.25) is 4.79 Å². The SMILES string of the molecule is O=C(O)c1cccc2cccc(C(=O)NOS(=O)(=O)C3CCCCC3)c12. The third-order valence-electron chi connectivity index (χ3n) is 4.59. The predicted molar refractivity (Wildman–Crippen MR) is 95.3 cm³/mol. The van der Waals surface area contributed by atoms with E-state index in [9.17, 15) is 23.1 Å². The van der Waals surface area contributed by atoms with Crippen molar-refractivity contribution in [3.05, 3.63) is 47.5 Å². The molecule has 1 fully saturated rings. The molecule has 2 aromatic carbocycles. The molecule has 2 N–H and O–H groups in total. The number of carbonyl (C=O) groups excluding carboxylic acids is 1. The molecule has 26 heavy (non-hydrogen) atoms. The van der Waals surface area contributed by atoms with Crippen LogP contribution in [-0.2, 0) is 14.4 Å². The molecular weight excluding hydrogens is 358 g/mol. The summed E-state index contributed by atoms with van der Waals surface area (Å²) < 4.78 is 29.2. The van der Waals surface area contributed by atoms with E-state index < -0.39 is 27.2 Å². The highest BCUT2D eigenvalue weighted by molar-refractivity contribution is 7.87. The Labute approximate surface area is 151 Å². The second-order valence-corrected chi connectivity index (χ2v) is 8.10. The summed E-state index contributed by atoms with van der Waals surface area (Å²) in [7, 11) is -3.91. The molecule has 0 spiro atoms. The zero-order valence-corrected chi connectivity index (χ0v) is 14.8. The molecule has 0 bridgehead atoms. The van der Waals surface area contributed by atoms with Crippen LogP contribution in [0.4, 0.5) is 0 Å². The monoisotopic (exact) mass is 377 g/mol. The van der Waals surface area contributed by atoms with Gasteiger partial charge in [0.25, 0.3) is 16.0 Å². The number of hydrogen-bond acceptors (Lipinski definition) is 5. The molecule has 0 saturated heterocycles. The van der Waals surface area contributed by atoms with E-state index in [-0.39, 0.29) is 16.5 Å². The summed E-state index contributed by atoms with van der Waals surface area (Å²) >= 11 is 0. The average Bonchev–Trinajstić information content (AvgIpc) is 2.65. The number of aromatic carboxylic acids is 1. The fourth-order valence-corrected chi connectivity index (χ4v) is 4.52. The summed E-state index contributed by atoms with van der Waals surface area (Å²) in [6, 6.07) is 9.36. The van der Waals surface area contributed by atoms with Crippen molar-refractivity contribution in [1.29, 1.82) is 0 Å². The number of hydroxylamine groups is 1. The molecule has 1 aliphatic rings. The molecule has 0 aliphatic heterocycles. The molecular formula is C18H19NO6S. The number of carbonyl (C=O) groups is 2. The number of rotatable bonds is 5. The van der Waals surface area contributed by atoms with Crippen molar-refractivity contribution in [2.24, 2.45) is 0 Å². The first-order chi connectivity index (χ1) is 12.4. The maximum absolute atomic E-state index is 12.5. The number of carboxylic acid groups (broad SMARTS) is 1. The largest absolute Gasteiger partial charge is 0.478 e. The average molecular weight is 377 g/mol. The molecule has 0 heterocycles. The fourth-order valence-electron chi connectivity index (χ4n) is 3.28. The maximum atomic E-state index is 12.5. The van der Waals surface area contributed by atoms with Crippen molar-refractivity contribution < 1.29 is 27.4 Å². The molecule has 2 aromatic rings. The van der Waals surface area contributed by atoms with Gasteiger partial charge in [0.2, 0.25) is 0 Å². The molecule has 1 aliphatic carbocycles. The van der Waals surface area contributed by atoms with Crippen LogP contribution in [-0.4, -0.2) is 30.7 Å². The Morgan fingerprint density at radius 3 is 2.23 bits per heavy atom. The lowest BCUT2D eigenvalue weighted by molar-refractivity contribution is 0.0699. The summed E-state index contributed by atoms with van der Waals surface area (Å²) in [5.74, 6) is -1.98. The Bertz CT molecular complexity index is 942. The van der Waals surface area contributed by atoms with E-state index in [1.165, 1.54) is 12.1 Å². The van der Waals surface area contributed by atoms with Crippen molar-refractivity contribution >= 4 is 32.8 Å². The van der Waals surface area contributed by atoms with Crippen LogP contribution in [0.2, 0.25) is 0 Å². The van der Waals surface area contributed by atoms with Crippen LogP contribution < -0.4 is 5.48 Å². The Hall–Kier alpha value is -2.45. The van der Waals surface area contributed by atoms with E-state index in [2.05, 4.69) is 0 Å². The summed E-state index contributed by atoms with van der Waals surface area (Å²) in [5, 5.41) is 9.53. The highest BCUT2D eigenvalue weighted by Crippen LogP contribution is 2.25. The maximum Gasteiger partial charge on any atom is 0.336 e. The van der Waals surface area contributed by atoms with Gasteiger partial charge in [-0.1, -0.05) is 43.5 Å². The van der Waals surface area contributed by atoms with Crippen LogP contribution >= 0.6 is 0 Å². The van der Waals surface area contributed by atoms with E-state index in [0.29, 0.717) is 18.2 Å². The minimum Gasteiger partial charge on any atom is -0.478 e. The van der Waals surface area contributed by atoms with Crippen molar-refractivity contribution in [2.75, 3.05) is 0 Å². The van der Waals surface area contributed by atoms with Gasteiger partial charge in [-0.05, 0) is 30.4 Å². The molecule has 1 amide bonds. The van der Waals surface area contributed by atoms with Crippen LogP contribution in [0.1, 0.15) is 52.8 Å². The number of hydrogen-bond donors (Lipinski definition) is 2. The highest BCUT2D eigenvalue weighted by Gasteiger charge is 2.29. The lowest BCUT2D eigenvalue weighted by Gasteiger charge is -2.20. The zero-order chi connectivity index (χ0) is 18.7. The predicted octanol–water partition coefficient (Wildman–Crippen LogP) is 2.86. The smallest absolute Gasteiger partial charge is 0.336 e. The van der Waals surface area contributed by atoms with Gasteiger partial charge in [0.15, 0.2) is 0 Å². The van der Waals surface area contributed by atoms with E-state index in [1.807, 2.05) is 5.48 Å². The van der Waals surface area contributed by atoms with Gasteiger partial charge in [-0.2, -0.15) is 8.42 Å². The molecule has 0 unspecified atom stereocenters. The third-order valence-corrected chi connectivity index (χ3v) is 6.19. The Morgan fingerprint density at radius 1 is 1.00 bits per heavy atom. The summed E-state index contributed by atoms with van der Waals surface area (Å²) in [6.45, 7) is 0. The number of nitrogens with one attached hydrogen (secondary N) is 1. The summed E-state index contributed by atoms with van der Waals surface area (Å²) in [4.78, 5) is 23.9. The van der Waals surface area contributed by atoms with Crippen LogP contribution in [0, 0.1) is 0 Å². The van der Waals surface area contributed by atoms with Gasteiger partial charge >= 0.3 is 5.97 Å². The second-order valence-electron chi connectivity index (χ2n) is 6.28. The molecule has 0 atom stereocenters. The van der Waals surface area contributed by atoms with Crippen molar-refractivity contribution in [1.82, 2.24) is 5.48 Å². The minimum atomic E-state index is -3.91. The van der Waals surface area contributed by atoms with Gasteiger partial charge in [-0.15, -0.1) is 4.28 Å². The third kappa shape index (κ3) is 3.71. The molecule has 138 valence electrons. The lowest BCUT2D eigenvalue weighted by Crippen LogP contribution is -2.34. The van der Waals surface area contributed by atoms with E-state index in [4.69, 9.17) is 4.28 Å². The van der Waals surface area contributed by atoms with Crippen LogP contribution in [0.15, 0.2) is 36.4 Å². The quantitative estimate of drug-likeness (QED) is 0.776. The Kier molecular flexibility index (Phi) is 5.24. The lowest BCUT2D eigenvalue weighted by atomic mass is 9.99. The topological polar surface area (TPSA) is 110 Å². The van der Waals surface area contributed by atoms with Crippen LogP contribution in [0.25, 0.3) is 10.8 Å². The number of benzene rings is 2. The number of amides is 1. The molecule has 0 radical (unpaired) electrons. The number of carboxylic acids is 1. The Balaban J connectivity index is 1.85. The van der Waals surface area contributed by atoms with Gasteiger partial charge in [-0.25, -0.2) is 10.3 Å². The first-order valence-electron chi connectivity index (χ1n) is 8.38. The van der Waals surface area contributed by atoms with E-state index >= 15 is 0 Å². The van der Waals surface area contributed by atoms with E-state index in [1.54, 1.807) is 24.3 Å². The molecule has 1 saturated carbocycles. The molecule has 7 nitrogen and oxygen atoms in total. The van der Waals surface area contributed by atoms with Crippen LogP contribution in [0.5, 0.6) is 0 Å². The highest BCUT2D eigenvalue weighted by atomic mass is 32.2. The van der Waals surface area contributed by atoms with Crippen molar-refractivity contribution in [3.8, 4) is 0 Å². The minimum absolute atomic E-state index is 0.0385. The zero-order valence-electron chi connectivity index (χ0n) is 14.0. The van der Waals surface area contributed by atoms with Gasteiger partial charge in [0, 0.05) is 5.39 Å².